The van der Waals surface area contributed by atoms with Crippen molar-refractivity contribution in [1.29, 1.82) is 0 Å². The molecule has 2 N–H and O–H groups in total. The Morgan fingerprint density at radius 2 is 2.14 bits per heavy atom. The van der Waals surface area contributed by atoms with E-state index < -0.39 is 30.6 Å². The number of amides is 4. The summed E-state index contributed by atoms with van der Waals surface area (Å²) in [6.45, 7) is 1.85. The van der Waals surface area contributed by atoms with E-state index in [2.05, 4.69) is 16.7 Å². The molecule has 2 aliphatic heterocycles. The molecule has 0 radical (unpaired) electrons. The minimum absolute atomic E-state index is 0.0636. The summed E-state index contributed by atoms with van der Waals surface area (Å²) < 4.78 is 5.04. The minimum atomic E-state index is -0.691. The number of urea groups is 1. The molecule has 4 amide bonds. The number of allylic oxidation sites excluding steroid dienone is 1. The number of esters is 1. The number of rotatable bonds is 6. The molecular weight excluding hydrogens is 382 g/mol. The lowest BCUT2D eigenvalue weighted by Crippen LogP contribution is -2.47. The molecule has 0 saturated carbocycles. The van der Waals surface area contributed by atoms with Gasteiger partial charge >= 0.3 is 12.0 Å². The predicted octanol–water partition coefficient (Wildman–Crippen LogP) is 1.70. The van der Waals surface area contributed by atoms with Crippen molar-refractivity contribution >= 4 is 35.6 Å². The zero-order chi connectivity index (χ0) is 20.1. The molecule has 0 aromatic carbocycles. The maximum atomic E-state index is 12.3. The molecule has 28 heavy (non-hydrogen) atoms. The molecule has 3 rings (SSSR count). The normalized spacial score (nSPS) is 26.5. The number of imide groups is 1. The Bertz CT molecular complexity index is 695. The summed E-state index contributed by atoms with van der Waals surface area (Å²) in [6, 6.07) is -1.27. The van der Waals surface area contributed by atoms with Crippen LogP contribution < -0.4 is 10.6 Å². The van der Waals surface area contributed by atoms with Crippen molar-refractivity contribution in [3.8, 4) is 0 Å². The van der Waals surface area contributed by atoms with Gasteiger partial charge in [-0.1, -0.05) is 11.6 Å². The summed E-state index contributed by atoms with van der Waals surface area (Å²) in [5, 5.41) is 4.79. The predicted molar refractivity (Wildman–Crippen MR) is 104 cm³/mol. The van der Waals surface area contributed by atoms with E-state index in [9.17, 15) is 19.2 Å². The van der Waals surface area contributed by atoms with E-state index in [0.29, 0.717) is 25.1 Å². The molecule has 154 valence electrons. The molecule has 0 aromatic heterocycles. The Morgan fingerprint density at radius 1 is 1.32 bits per heavy atom. The first kappa shape index (κ1) is 20.7. The van der Waals surface area contributed by atoms with Crippen LogP contribution in [-0.4, -0.2) is 58.5 Å². The van der Waals surface area contributed by atoms with Crippen molar-refractivity contribution in [2.45, 2.75) is 62.8 Å². The minimum Gasteiger partial charge on any atom is -0.454 e. The highest BCUT2D eigenvalue weighted by Crippen LogP contribution is 2.47. The molecule has 2 atom stereocenters. The summed E-state index contributed by atoms with van der Waals surface area (Å²) in [7, 11) is 0. The second kappa shape index (κ2) is 8.98. The van der Waals surface area contributed by atoms with Crippen molar-refractivity contribution in [2.24, 2.45) is 0 Å². The maximum absolute atomic E-state index is 12.3. The van der Waals surface area contributed by atoms with Gasteiger partial charge in [-0.25, -0.2) is 9.59 Å². The molecule has 2 fully saturated rings. The summed E-state index contributed by atoms with van der Waals surface area (Å²) in [5.74, 6) is -0.902. The fourth-order valence-electron chi connectivity index (χ4n) is 3.90. The number of hydrogen-bond acceptors (Lipinski definition) is 6. The first-order chi connectivity index (χ1) is 13.4. The largest absolute Gasteiger partial charge is 0.454 e. The highest BCUT2D eigenvalue weighted by Gasteiger charge is 2.53. The maximum Gasteiger partial charge on any atom is 0.330 e. The van der Waals surface area contributed by atoms with Crippen LogP contribution >= 0.6 is 11.8 Å². The lowest BCUT2D eigenvalue weighted by Gasteiger charge is -2.29. The lowest BCUT2D eigenvalue weighted by atomic mass is 9.97. The van der Waals surface area contributed by atoms with Crippen LogP contribution in [0.25, 0.3) is 0 Å². The van der Waals surface area contributed by atoms with Crippen LogP contribution in [0.3, 0.4) is 0 Å². The van der Waals surface area contributed by atoms with Crippen LogP contribution in [0.5, 0.6) is 0 Å². The van der Waals surface area contributed by atoms with Gasteiger partial charge < -0.3 is 15.0 Å². The van der Waals surface area contributed by atoms with Crippen LogP contribution in [-0.2, 0) is 19.1 Å². The van der Waals surface area contributed by atoms with Crippen LogP contribution in [0.4, 0.5) is 4.79 Å². The van der Waals surface area contributed by atoms with Crippen LogP contribution in [0.1, 0.15) is 51.9 Å². The van der Waals surface area contributed by atoms with Gasteiger partial charge in [0.25, 0.3) is 5.91 Å². The molecule has 9 heteroatoms. The second-order valence-corrected chi connectivity index (χ2v) is 9.04. The van der Waals surface area contributed by atoms with E-state index in [4.69, 9.17) is 4.74 Å². The zero-order valence-electron chi connectivity index (χ0n) is 16.1. The van der Waals surface area contributed by atoms with Gasteiger partial charge in [-0.05, 0) is 45.4 Å². The Hall–Kier alpha value is -2.03. The highest BCUT2D eigenvalue weighted by atomic mass is 32.2. The molecule has 1 aliphatic carbocycles. The summed E-state index contributed by atoms with van der Waals surface area (Å²) in [4.78, 5) is 49.2. The van der Waals surface area contributed by atoms with Gasteiger partial charge in [0.15, 0.2) is 6.61 Å². The first-order valence-corrected chi connectivity index (χ1v) is 10.8. The molecule has 0 aromatic rings. The third-order valence-corrected chi connectivity index (χ3v) is 6.94. The van der Waals surface area contributed by atoms with Crippen molar-refractivity contribution < 1.29 is 23.9 Å². The van der Waals surface area contributed by atoms with E-state index in [1.807, 2.05) is 6.92 Å². The Morgan fingerprint density at radius 3 is 2.89 bits per heavy atom. The van der Waals surface area contributed by atoms with Gasteiger partial charge in [0.2, 0.25) is 5.91 Å². The third-order valence-electron chi connectivity index (χ3n) is 5.43. The molecule has 8 nitrogen and oxygen atoms in total. The van der Waals surface area contributed by atoms with Crippen molar-refractivity contribution in [3.05, 3.63) is 11.6 Å². The number of nitrogens with zero attached hydrogens (tertiary/aromatic N) is 1. The lowest BCUT2D eigenvalue weighted by molar-refractivity contribution is -0.156. The number of ether oxygens (including phenoxy) is 1. The van der Waals surface area contributed by atoms with E-state index in [1.165, 1.54) is 18.4 Å². The summed E-state index contributed by atoms with van der Waals surface area (Å²) >= 11 is 1.56. The van der Waals surface area contributed by atoms with Gasteiger partial charge in [0.05, 0.1) is 4.87 Å². The van der Waals surface area contributed by atoms with Crippen LogP contribution in [0.2, 0.25) is 0 Å². The van der Waals surface area contributed by atoms with Gasteiger partial charge in [-0.2, -0.15) is 0 Å². The topological polar surface area (TPSA) is 105 Å². The average molecular weight is 410 g/mol. The fourth-order valence-corrected chi connectivity index (χ4v) is 5.32. The molecule has 2 saturated heterocycles. The Labute approximate surface area is 168 Å². The molecular formula is C19H27N3O5S. The molecule has 3 aliphatic rings. The van der Waals surface area contributed by atoms with Crippen LogP contribution in [0.15, 0.2) is 11.6 Å². The first-order valence-electron chi connectivity index (χ1n) is 9.77. The summed E-state index contributed by atoms with van der Waals surface area (Å²) in [6.07, 6.45) is 8.68. The van der Waals surface area contributed by atoms with E-state index in [1.54, 1.807) is 16.7 Å². The fraction of sp³-hybridized carbons (Fsp3) is 0.684. The van der Waals surface area contributed by atoms with Gasteiger partial charge in [0, 0.05) is 18.7 Å². The number of hydrogen-bond donors (Lipinski definition) is 2. The monoisotopic (exact) mass is 409 g/mol. The molecule has 0 bridgehead atoms. The van der Waals surface area contributed by atoms with Crippen molar-refractivity contribution in [2.75, 3.05) is 18.9 Å². The number of carbonyl (C=O) groups excluding carboxylic acids is 4. The number of nitrogens with one attached hydrogen (secondary N) is 2. The SMILES string of the molecule is C[C@@]12CCC(=O)N1[C@@H](C(=O)OCC(=O)NC(=O)NCCC1=CCCCC1)CS2. The number of thioether (sulfide) groups is 1. The molecule has 0 unspecified atom stereocenters. The van der Waals surface area contributed by atoms with Gasteiger partial charge in [0.1, 0.15) is 6.04 Å². The Balaban J connectivity index is 1.36. The van der Waals surface area contributed by atoms with E-state index >= 15 is 0 Å². The highest BCUT2D eigenvalue weighted by molar-refractivity contribution is 8.01. The second-order valence-electron chi connectivity index (χ2n) is 7.54. The quantitative estimate of drug-likeness (QED) is 0.511. The zero-order valence-corrected chi connectivity index (χ0v) is 16.9. The third kappa shape index (κ3) is 4.87. The van der Waals surface area contributed by atoms with Crippen LogP contribution in [0, 0.1) is 0 Å². The standard InChI is InChI=1S/C19H27N3O5S/c1-19-9-7-16(24)22(19)14(12-28-19)17(25)27-11-15(23)21-18(26)20-10-8-13-5-3-2-4-6-13/h5,14H,2-4,6-12H2,1H3,(H2,20,21,23,26)/t14-,19-/m1/s1. The smallest absolute Gasteiger partial charge is 0.330 e. The number of fused-ring (bicyclic) bond motifs is 1. The van der Waals surface area contributed by atoms with Crippen molar-refractivity contribution in [1.82, 2.24) is 15.5 Å². The van der Waals surface area contributed by atoms with Gasteiger partial charge in [-0.15, -0.1) is 11.8 Å². The molecule has 2 heterocycles. The average Bonchev–Trinajstić information content (AvgIpc) is 3.16. The van der Waals surface area contributed by atoms with Gasteiger partial charge in [-0.3, -0.25) is 14.9 Å². The van der Waals surface area contributed by atoms with E-state index in [-0.39, 0.29) is 10.8 Å². The molecule has 0 spiro atoms. The van der Waals surface area contributed by atoms with Crippen molar-refractivity contribution in [3.63, 3.8) is 0 Å². The number of carbonyl (C=O) groups is 4. The van der Waals surface area contributed by atoms with E-state index in [0.717, 1.165) is 19.3 Å². The Kier molecular flexibility index (Phi) is 6.64. The summed E-state index contributed by atoms with van der Waals surface area (Å²) in [5.41, 5.74) is 1.34.